The molecule has 0 amide bonds. The predicted octanol–water partition coefficient (Wildman–Crippen LogP) is 3.82. The summed E-state index contributed by atoms with van der Waals surface area (Å²) in [5.74, 6) is 2.00. The van der Waals surface area contributed by atoms with Crippen LogP contribution in [0.15, 0.2) is 41.7 Å². The van der Waals surface area contributed by atoms with Crippen molar-refractivity contribution < 1.29 is 0 Å². The Morgan fingerprint density at radius 1 is 1.04 bits per heavy atom. The molecule has 0 saturated heterocycles. The normalized spacial score (nSPS) is 11.6. The van der Waals surface area contributed by atoms with Crippen LogP contribution >= 0.6 is 0 Å². The molecule has 1 aromatic heterocycles. The maximum absolute atomic E-state index is 4.74. The fourth-order valence-electron chi connectivity index (χ4n) is 2.68. The number of hydrogen-bond acceptors (Lipinski definition) is 2. The van der Waals surface area contributed by atoms with Crippen molar-refractivity contribution in [1.29, 1.82) is 0 Å². The van der Waals surface area contributed by atoms with Gasteiger partial charge in [-0.1, -0.05) is 43.2 Å². The third-order valence-electron chi connectivity index (χ3n) is 4.41. The van der Waals surface area contributed by atoms with Gasteiger partial charge in [0, 0.05) is 32.0 Å². The molecular formula is C21H33N5. The quantitative estimate of drug-likeness (QED) is 0.387. The summed E-state index contributed by atoms with van der Waals surface area (Å²) >= 11 is 0. The molecule has 0 spiro atoms. The van der Waals surface area contributed by atoms with E-state index in [9.17, 15) is 0 Å². The molecule has 0 aliphatic rings. The first-order valence-corrected chi connectivity index (χ1v) is 9.74. The number of unbranched alkanes of at least 4 members (excludes halogenated alkanes) is 2. The molecule has 0 unspecified atom stereocenters. The molecule has 0 atom stereocenters. The van der Waals surface area contributed by atoms with Crippen molar-refractivity contribution >= 4 is 5.96 Å². The van der Waals surface area contributed by atoms with Gasteiger partial charge in [0.05, 0.1) is 6.54 Å². The summed E-state index contributed by atoms with van der Waals surface area (Å²) in [5, 5.41) is 6.91. The van der Waals surface area contributed by atoms with Crippen molar-refractivity contribution in [3.05, 3.63) is 53.6 Å². The van der Waals surface area contributed by atoms with E-state index in [0.29, 0.717) is 6.54 Å². The zero-order valence-electron chi connectivity index (χ0n) is 16.5. The third kappa shape index (κ3) is 7.30. The van der Waals surface area contributed by atoms with E-state index in [2.05, 4.69) is 58.3 Å². The molecular weight excluding hydrogens is 322 g/mol. The fourth-order valence-corrected chi connectivity index (χ4v) is 2.68. The van der Waals surface area contributed by atoms with Crippen LogP contribution in [0.3, 0.4) is 0 Å². The van der Waals surface area contributed by atoms with Gasteiger partial charge in [0.2, 0.25) is 0 Å². The summed E-state index contributed by atoms with van der Waals surface area (Å²) in [6.07, 6.45) is 8.49. The van der Waals surface area contributed by atoms with Gasteiger partial charge in [-0.15, -0.1) is 0 Å². The topological polar surface area (TPSA) is 54.2 Å². The van der Waals surface area contributed by atoms with Gasteiger partial charge >= 0.3 is 0 Å². The summed E-state index contributed by atoms with van der Waals surface area (Å²) in [6.45, 7) is 9.98. The highest BCUT2D eigenvalue weighted by Crippen LogP contribution is 2.04. The highest BCUT2D eigenvalue weighted by molar-refractivity contribution is 5.79. The smallest absolute Gasteiger partial charge is 0.191 e. The van der Waals surface area contributed by atoms with Crippen molar-refractivity contribution in [3.63, 3.8) is 0 Å². The Hall–Kier alpha value is -2.30. The van der Waals surface area contributed by atoms with Crippen molar-refractivity contribution in [3.8, 4) is 0 Å². The van der Waals surface area contributed by atoms with Gasteiger partial charge in [-0.05, 0) is 38.7 Å². The predicted molar refractivity (Wildman–Crippen MR) is 109 cm³/mol. The Labute approximate surface area is 158 Å². The molecule has 0 radical (unpaired) electrons. The van der Waals surface area contributed by atoms with E-state index in [1.165, 1.54) is 17.5 Å². The third-order valence-corrected chi connectivity index (χ3v) is 4.41. The van der Waals surface area contributed by atoms with Crippen molar-refractivity contribution in [2.24, 2.45) is 4.99 Å². The molecule has 0 aliphatic heterocycles. The van der Waals surface area contributed by atoms with Crippen LogP contribution in [0.1, 0.15) is 49.6 Å². The summed E-state index contributed by atoms with van der Waals surface area (Å²) in [4.78, 5) is 9.00. The number of rotatable bonds is 10. The highest BCUT2D eigenvalue weighted by atomic mass is 15.2. The fraction of sp³-hybridized carbons (Fsp3) is 0.524. The number of aryl methyl sites for hydroxylation is 3. The highest BCUT2D eigenvalue weighted by Gasteiger charge is 2.00. The van der Waals surface area contributed by atoms with Crippen molar-refractivity contribution in [2.45, 2.75) is 59.5 Å². The number of nitrogens with one attached hydrogen (secondary N) is 2. The summed E-state index contributed by atoms with van der Waals surface area (Å²) in [7, 11) is 0. The Morgan fingerprint density at radius 3 is 2.42 bits per heavy atom. The van der Waals surface area contributed by atoms with E-state index in [-0.39, 0.29) is 0 Å². The maximum atomic E-state index is 4.74. The van der Waals surface area contributed by atoms with E-state index in [0.717, 1.165) is 50.7 Å². The first-order chi connectivity index (χ1) is 12.7. The molecule has 5 nitrogen and oxygen atoms in total. The second kappa shape index (κ2) is 11.3. The van der Waals surface area contributed by atoms with E-state index in [1.54, 1.807) is 0 Å². The Morgan fingerprint density at radius 2 is 1.77 bits per heavy atom. The zero-order valence-corrected chi connectivity index (χ0v) is 16.5. The van der Waals surface area contributed by atoms with Crippen LogP contribution in [0, 0.1) is 13.8 Å². The van der Waals surface area contributed by atoms with E-state index < -0.39 is 0 Å². The number of hydrogen-bond donors (Lipinski definition) is 2. The second-order valence-corrected chi connectivity index (χ2v) is 6.73. The van der Waals surface area contributed by atoms with Crippen LogP contribution in [0.4, 0.5) is 0 Å². The zero-order chi connectivity index (χ0) is 18.6. The first kappa shape index (κ1) is 20.0. The van der Waals surface area contributed by atoms with Gasteiger partial charge in [-0.25, -0.2) is 9.98 Å². The van der Waals surface area contributed by atoms with E-state index >= 15 is 0 Å². The van der Waals surface area contributed by atoms with E-state index in [4.69, 9.17) is 4.99 Å². The number of aliphatic imine (C=N–C) groups is 1. The molecule has 2 rings (SSSR count). The molecule has 0 saturated carbocycles. The number of imidazole rings is 1. The Balaban J connectivity index is 1.76. The molecule has 1 heterocycles. The monoisotopic (exact) mass is 355 g/mol. The lowest BCUT2D eigenvalue weighted by atomic mass is 10.1. The molecule has 0 fully saturated rings. The SMILES string of the molecule is CCCCNC(=NCc1ccc(C)cc1)NCCCCn1ccnc1C. The molecule has 142 valence electrons. The average Bonchev–Trinajstić information content (AvgIpc) is 3.05. The Bertz CT molecular complexity index is 657. The van der Waals surface area contributed by atoms with Gasteiger partial charge in [0.25, 0.3) is 0 Å². The molecule has 0 aliphatic carbocycles. The van der Waals surface area contributed by atoms with Gasteiger partial charge in [-0.3, -0.25) is 0 Å². The molecule has 26 heavy (non-hydrogen) atoms. The number of nitrogens with zero attached hydrogens (tertiary/aromatic N) is 3. The van der Waals surface area contributed by atoms with Crippen LogP contribution in [0.25, 0.3) is 0 Å². The number of aromatic nitrogens is 2. The lowest BCUT2D eigenvalue weighted by molar-refractivity contribution is 0.587. The van der Waals surface area contributed by atoms with Gasteiger partial charge in [0.15, 0.2) is 5.96 Å². The van der Waals surface area contributed by atoms with Crippen molar-refractivity contribution in [1.82, 2.24) is 20.2 Å². The lowest BCUT2D eigenvalue weighted by Gasteiger charge is -2.13. The maximum Gasteiger partial charge on any atom is 0.191 e. The molecule has 5 heteroatoms. The largest absolute Gasteiger partial charge is 0.356 e. The minimum absolute atomic E-state index is 0.704. The van der Waals surface area contributed by atoms with Crippen LogP contribution < -0.4 is 10.6 Å². The van der Waals surface area contributed by atoms with Crippen LogP contribution in [0.2, 0.25) is 0 Å². The molecule has 0 bridgehead atoms. The summed E-state index contributed by atoms with van der Waals surface area (Å²) < 4.78 is 2.20. The summed E-state index contributed by atoms with van der Waals surface area (Å²) in [6, 6.07) is 8.58. The lowest BCUT2D eigenvalue weighted by Crippen LogP contribution is -2.38. The second-order valence-electron chi connectivity index (χ2n) is 6.73. The average molecular weight is 356 g/mol. The van der Waals surface area contributed by atoms with Crippen molar-refractivity contribution in [2.75, 3.05) is 13.1 Å². The van der Waals surface area contributed by atoms with Crippen LogP contribution in [-0.4, -0.2) is 28.6 Å². The van der Waals surface area contributed by atoms with Crippen LogP contribution in [0.5, 0.6) is 0 Å². The van der Waals surface area contributed by atoms with E-state index in [1.807, 2.05) is 19.3 Å². The summed E-state index contributed by atoms with van der Waals surface area (Å²) in [5.41, 5.74) is 2.52. The van der Waals surface area contributed by atoms with Gasteiger partial charge in [0.1, 0.15) is 5.82 Å². The minimum atomic E-state index is 0.704. The Kier molecular flexibility index (Phi) is 8.73. The molecule has 2 aromatic rings. The van der Waals surface area contributed by atoms with Gasteiger partial charge in [-0.2, -0.15) is 0 Å². The van der Waals surface area contributed by atoms with Gasteiger partial charge < -0.3 is 15.2 Å². The number of guanidine groups is 1. The number of benzene rings is 1. The minimum Gasteiger partial charge on any atom is -0.356 e. The standard InChI is InChI=1S/C21H33N5/c1-4-5-12-23-21(25-17-20-10-8-18(2)9-11-20)24-13-6-7-15-26-16-14-22-19(26)3/h8-11,14,16H,4-7,12-13,15,17H2,1-3H3,(H2,23,24,25). The molecule has 1 aromatic carbocycles. The first-order valence-electron chi connectivity index (χ1n) is 9.74. The molecule has 2 N–H and O–H groups in total. The van der Waals surface area contributed by atoms with Crippen LogP contribution in [-0.2, 0) is 13.1 Å².